The zero-order valence-electron chi connectivity index (χ0n) is 16.4. The van der Waals surface area contributed by atoms with Crippen LogP contribution in [0.1, 0.15) is 5.56 Å². The maximum absolute atomic E-state index is 13.2. The topological polar surface area (TPSA) is 65.7 Å². The fourth-order valence-electron chi connectivity index (χ4n) is 3.09. The molecule has 0 amide bonds. The third-order valence-corrected chi connectivity index (χ3v) is 5.29. The molecule has 30 heavy (non-hydrogen) atoms. The van der Waals surface area contributed by atoms with E-state index >= 15 is 0 Å². The standard InChI is InChI=1S/C23H18BrN3O3/c1-29-20-12-16(18(24)13-21(20)30-2)14-25-27-22(15-8-4-3-5-9-15)26-19-11-7-6-10-17(19)23(27)28/h3-14H,1-2H3. The number of methoxy groups -OCH3 is 2. The highest BCUT2D eigenvalue weighted by molar-refractivity contribution is 9.10. The molecule has 1 aromatic heterocycles. The molecule has 0 atom stereocenters. The second kappa shape index (κ2) is 8.51. The molecule has 0 saturated carbocycles. The van der Waals surface area contributed by atoms with E-state index in [9.17, 15) is 4.79 Å². The summed E-state index contributed by atoms with van der Waals surface area (Å²) >= 11 is 3.52. The lowest BCUT2D eigenvalue weighted by Crippen LogP contribution is -2.20. The van der Waals surface area contributed by atoms with Crippen LogP contribution in [-0.4, -0.2) is 30.1 Å². The van der Waals surface area contributed by atoms with Gasteiger partial charge >= 0.3 is 0 Å². The van der Waals surface area contributed by atoms with E-state index in [0.29, 0.717) is 28.2 Å². The molecular formula is C23H18BrN3O3. The monoisotopic (exact) mass is 463 g/mol. The van der Waals surface area contributed by atoms with Crippen molar-refractivity contribution in [2.45, 2.75) is 0 Å². The van der Waals surface area contributed by atoms with E-state index in [-0.39, 0.29) is 5.56 Å². The summed E-state index contributed by atoms with van der Waals surface area (Å²) in [5, 5.41) is 4.99. The molecule has 0 unspecified atom stereocenters. The first-order chi connectivity index (χ1) is 14.6. The Labute approximate surface area is 181 Å². The molecule has 6 nitrogen and oxygen atoms in total. The molecule has 0 bridgehead atoms. The van der Waals surface area contributed by atoms with Gasteiger partial charge in [-0.2, -0.15) is 9.78 Å². The average Bonchev–Trinajstić information content (AvgIpc) is 2.79. The molecule has 0 radical (unpaired) electrons. The van der Waals surface area contributed by atoms with Crippen LogP contribution in [0.4, 0.5) is 0 Å². The predicted octanol–water partition coefficient (Wildman–Crippen LogP) is 4.73. The highest BCUT2D eigenvalue weighted by atomic mass is 79.9. The molecule has 0 fully saturated rings. The molecule has 3 aromatic carbocycles. The fourth-order valence-corrected chi connectivity index (χ4v) is 3.52. The maximum atomic E-state index is 13.2. The summed E-state index contributed by atoms with van der Waals surface area (Å²) in [4.78, 5) is 17.9. The van der Waals surface area contributed by atoms with E-state index < -0.39 is 0 Å². The van der Waals surface area contributed by atoms with E-state index in [4.69, 9.17) is 14.5 Å². The van der Waals surface area contributed by atoms with E-state index in [1.165, 1.54) is 4.68 Å². The minimum absolute atomic E-state index is 0.243. The molecule has 0 aliphatic carbocycles. The van der Waals surface area contributed by atoms with Crippen molar-refractivity contribution in [1.82, 2.24) is 9.66 Å². The number of ether oxygens (including phenoxy) is 2. The molecule has 150 valence electrons. The van der Waals surface area contributed by atoms with Crippen LogP contribution in [0.5, 0.6) is 11.5 Å². The lowest BCUT2D eigenvalue weighted by atomic mass is 10.2. The van der Waals surface area contributed by atoms with Crippen LogP contribution in [-0.2, 0) is 0 Å². The van der Waals surface area contributed by atoms with Crippen LogP contribution in [0, 0.1) is 0 Å². The first-order valence-corrected chi connectivity index (χ1v) is 9.94. The van der Waals surface area contributed by atoms with Gasteiger partial charge in [0, 0.05) is 15.6 Å². The summed E-state index contributed by atoms with van der Waals surface area (Å²) in [6, 6.07) is 20.3. The Morgan fingerprint density at radius 3 is 2.37 bits per heavy atom. The van der Waals surface area contributed by atoms with Crippen molar-refractivity contribution in [2.75, 3.05) is 14.2 Å². The van der Waals surface area contributed by atoms with Crippen LogP contribution in [0.25, 0.3) is 22.3 Å². The van der Waals surface area contributed by atoms with Gasteiger partial charge in [-0.3, -0.25) is 4.79 Å². The van der Waals surface area contributed by atoms with Crippen LogP contribution >= 0.6 is 15.9 Å². The SMILES string of the molecule is COc1cc(Br)c(C=Nn2c(-c3ccccc3)nc3ccccc3c2=O)cc1OC. The Kier molecular flexibility index (Phi) is 5.63. The Bertz CT molecular complexity index is 1300. The second-order valence-electron chi connectivity index (χ2n) is 6.41. The second-order valence-corrected chi connectivity index (χ2v) is 7.26. The minimum Gasteiger partial charge on any atom is -0.493 e. The Balaban J connectivity index is 1.91. The number of rotatable bonds is 5. The van der Waals surface area contributed by atoms with Crippen molar-refractivity contribution in [3.8, 4) is 22.9 Å². The van der Waals surface area contributed by atoms with E-state index in [0.717, 1.165) is 15.6 Å². The molecular weight excluding hydrogens is 446 g/mol. The van der Waals surface area contributed by atoms with Gasteiger partial charge < -0.3 is 9.47 Å². The van der Waals surface area contributed by atoms with Crippen molar-refractivity contribution in [3.05, 3.63) is 87.1 Å². The number of hydrogen-bond acceptors (Lipinski definition) is 5. The van der Waals surface area contributed by atoms with E-state index in [2.05, 4.69) is 21.0 Å². The minimum atomic E-state index is -0.243. The molecule has 7 heteroatoms. The van der Waals surface area contributed by atoms with E-state index in [1.54, 1.807) is 38.6 Å². The molecule has 0 aliphatic heterocycles. The molecule has 4 aromatic rings. The van der Waals surface area contributed by atoms with Crippen molar-refractivity contribution < 1.29 is 9.47 Å². The number of benzene rings is 3. The fraction of sp³-hybridized carbons (Fsp3) is 0.0870. The summed E-state index contributed by atoms with van der Waals surface area (Å²) in [6.45, 7) is 0. The molecule has 0 N–H and O–H groups in total. The van der Waals surface area contributed by atoms with Gasteiger partial charge in [-0.05, 0) is 40.2 Å². The molecule has 4 rings (SSSR count). The van der Waals surface area contributed by atoms with Gasteiger partial charge in [0.25, 0.3) is 5.56 Å². The summed E-state index contributed by atoms with van der Waals surface area (Å²) in [6.07, 6.45) is 1.59. The van der Waals surface area contributed by atoms with Gasteiger partial charge in [0.05, 0.1) is 31.3 Å². The lowest BCUT2D eigenvalue weighted by Gasteiger charge is -2.11. The van der Waals surface area contributed by atoms with Crippen molar-refractivity contribution in [3.63, 3.8) is 0 Å². The Hall–Kier alpha value is -3.45. The number of hydrogen-bond donors (Lipinski definition) is 0. The van der Waals surface area contributed by atoms with Crippen molar-refractivity contribution in [2.24, 2.45) is 5.10 Å². The van der Waals surface area contributed by atoms with Crippen LogP contribution < -0.4 is 15.0 Å². The maximum Gasteiger partial charge on any atom is 0.282 e. The van der Waals surface area contributed by atoms with Gasteiger partial charge in [-0.25, -0.2) is 4.98 Å². The largest absolute Gasteiger partial charge is 0.493 e. The van der Waals surface area contributed by atoms with Crippen LogP contribution in [0.15, 0.2) is 81.1 Å². The molecule has 0 saturated heterocycles. The highest BCUT2D eigenvalue weighted by Crippen LogP contribution is 2.32. The zero-order valence-corrected chi connectivity index (χ0v) is 18.0. The number of fused-ring (bicyclic) bond motifs is 1. The van der Waals surface area contributed by atoms with Crippen LogP contribution in [0.2, 0.25) is 0 Å². The zero-order chi connectivity index (χ0) is 21.1. The van der Waals surface area contributed by atoms with Gasteiger partial charge in [-0.15, -0.1) is 0 Å². The average molecular weight is 464 g/mol. The summed E-state index contributed by atoms with van der Waals surface area (Å²) < 4.78 is 12.8. The number of nitrogens with zero attached hydrogens (tertiary/aromatic N) is 3. The normalized spacial score (nSPS) is 11.2. The first kappa shape index (κ1) is 19.8. The third-order valence-electron chi connectivity index (χ3n) is 4.60. The Morgan fingerprint density at radius 1 is 0.967 bits per heavy atom. The summed E-state index contributed by atoms with van der Waals surface area (Å²) in [5.41, 5.74) is 1.91. The van der Waals surface area contributed by atoms with Gasteiger partial charge in [-0.1, -0.05) is 42.5 Å². The molecule has 0 aliphatic rings. The van der Waals surface area contributed by atoms with E-state index in [1.807, 2.05) is 48.5 Å². The number of aromatic nitrogens is 2. The van der Waals surface area contributed by atoms with Crippen molar-refractivity contribution >= 4 is 33.0 Å². The first-order valence-electron chi connectivity index (χ1n) is 9.15. The predicted molar refractivity (Wildman–Crippen MR) is 122 cm³/mol. The van der Waals surface area contributed by atoms with Crippen LogP contribution in [0.3, 0.4) is 0 Å². The lowest BCUT2D eigenvalue weighted by molar-refractivity contribution is 0.354. The van der Waals surface area contributed by atoms with Crippen molar-refractivity contribution in [1.29, 1.82) is 0 Å². The smallest absolute Gasteiger partial charge is 0.282 e. The highest BCUT2D eigenvalue weighted by Gasteiger charge is 2.13. The number of para-hydroxylation sites is 1. The molecule has 0 spiro atoms. The van der Waals surface area contributed by atoms with Gasteiger partial charge in [0.1, 0.15) is 0 Å². The summed E-state index contributed by atoms with van der Waals surface area (Å²) in [5.74, 6) is 1.62. The third kappa shape index (κ3) is 3.71. The Morgan fingerprint density at radius 2 is 1.63 bits per heavy atom. The quantitative estimate of drug-likeness (QED) is 0.401. The van der Waals surface area contributed by atoms with Gasteiger partial charge in [0.15, 0.2) is 17.3 Å². The molecule has 1 heterocycles. The number of halogens is 1. The summed E-state index contributed by atoms with van der Waals surface area (Å²) in [7, 11) is 3.14. The van der Waals surface area contributed by atoms with Gasteiger partial charge in [0.2, 0.25) is 0 Å².